The SMILES string of the molecule is CC(=O)c1cc(C)cc(C(=O)O)n1. The Morgan fingerprint density at radius 1 is 1.31 bits per heavy atom. The van der Waals surface area contributed by atoms with Crippen molar-refractivity contribution < 1.29 is 14.7 Å². The lowest BCUT2D eigenvalue weighted by atomic mass is 10.2. The number of hydrogen-bond donors (Lipinski definition) is 1. The van der Waals surface area contributed by atoms with Gasteiger partial charge in [-0.1, -0.05) is 0 Å². The van der Waals surface area contributed by atoms with Crippen LogP contribution >= 0.6 is 0 Å². The van der Waals surface area contributed by atoms with Crippen LogP contribution in [0.3, 0.4) is 0 Å². The van der Waals surface area contributed by atoms with E-state index in [-0.39, 0.29) is 17.2 Å². The molecule has 1 N–H and O–H groups in total. The van der Waals surface area contributed by atoms with Crippen molar-refractivity contribution in [2.75, 3.05) is 0 Å². The molecule has 0 spiro atoms. The summed E-state index contributed by atoms with van der Waals surface area (Å²) >= 11 is 0. The van der Waals surface area contributed by atoms with E-state index in [0.29, 0.717) is 0 Å². The molecule has 0 aliphatic rings. The summed E-state index contributed by atoms with van der Waals surface area (Å²) in [6, 6.07) is 2.99. The number of carbonyl (C=O) groups is 2. The summed E-state index contributed by atoms with van der Waals surface area (Å²) in [4.78, 5) is 25.2. The monoisotopic (exact) mass is 179 g/mol. The fourth-order valence-corrected chi connectivity index (χ4v) is 0.957. The molecule has 0 atom stereocenters. The Kier molecular flexibility index (Phi) is 2.41. The van der Waals surface area contributed by atoms with E-state index in [4.69, 9.17) is 5.11 Å². The largest absolute Gasteiger partial charge is 0.477 e. The number of aromatic carboxylic acids is 1. The van der Waals surface area contributed by atoms with Crippen molar-refractivity contribution in [3.63, 3.8) is 0 Å². The van der Waals surface area contributed by atoms with E-state index >= 15 is 0 Å². The third-order valence-electron chi connectivity index (χ3n) is 1.55. The van der Waals surface area contributed by atoms with Crippen LogP contribution in [0.1, 0.15) is 33.5 Å². The van der Waals surface area contributed by atoms with Crippen LogP contribution in [-0.2, 0) is 0 Å². The number of carboxylic acids is 1. The highest BCUT2D eigenvalue weighted by Gasteiger charge is 2.09. The molecule has 0 saturated heterocycles. The number of aromatic nitrogens is 1. The second-order valence-corrected chi connectivity index (χ2v) is 2.78. The molecular formula is C9H9NO3. The molecule has 1 aromatic rings. The van der Waals surface area contributed by atoms with Gasteiger partial charge in [0, 0.05) is 6.92 Å². The highest BCUT2D eigenvalue weighted by molar-refractivity contribution is 5.94. The lowest BCUT2D eigenvalue weighted by Crippen LogP contribution is -2.06. The molecule has 1 heterocycles. The Morgan fingerprint density at radius 2 is 1.85 bits per heavy atom. The van der Waals surface area contributed by atoms with Gasteiger partial charge in [0.1, 0.15) is 11.4 Å². The van der Waals surface area contributed by atoms with E-state index in [2.05, 4.69) is 4.98 Å². The summed E-state index contributed by atoms with van der Waals surface area (Å²) < 4.78 is 0. The van der Waals surface area contributed by atoms with E-state index in [9.17, 15) is 9.59 Å². The third-order valence-corrected chi connectivity index (χ3v) is 1.55. The van der Waals surface area contributed by atoms with Crippen molar-refractivity contribution in [1.82, 2.24) is 4.98 Å². The molecule has 4 heteroatoms. The Balaban J connectivity index is 3.26. The Morgan fingerprint density at radius 3 is 2.31 bits per heavy atom. The Bertz CT molecular complexity index is 339. The second kappa shape index (κ2) is 3.35. The van der Waals surface area contributed by atoms with Gasteiger partial charge in [-0.25, -0.2) is 9.78 Å². The second-order valence-electron chi connectivity index (χ2n) is 2.78. The van der Waals surface area contributed by atoms with Gasteiger partial charge in [-0.05, 0) is 24.6 Å². The first-order chi connectivity index (χ1) is 6.00. The van der Waals surface area contributed by atoms with Gasteiger partial charge in [0.15, 0.2) is 5.78 Å². The number of Topliss-reactive ketones (excluding diaryl/α,β-unsaturated/α-hetero) is 1. The molecule has 0 aliphatic heterocycles. The van der Waals surface area contributed by atoms with Gasteiger partial charge >= 0.3 is 5.97 Å². The van der Waals surface area contributed by atoms with E-state index in [1.54, 1.807) is 13.0 Å². The number of pyridine rings is 1. The topological polar surface area (TPSA) is 67.3 Å². The molecule has 1 aromatic heterocycles. The van der Waals surface area contributed by atoms with E-state index in [1.165, 1.54) is 13.0 Å². The molecule has 0 fully saturated rings. The van der Waals surface area contributed by atoms with Crippen molar-refractivity contribution in [2.24, 2.45) is 0 Å². The van der Waals surface area contributed by atoms with Crippen molar-refractivity contribution in [3.05, 3.63) is 29.1 Å². The minimum absolute atomic E-state index is 0.0924. The van der Waals surface area contributed by atoms with Crippen LogP contribution in [0.2, 0.25) is 0 Å². The van der Waals surface area contributed by atoms with Gasteiger partial charge in [0.05, 0.1) is 0 Å². The highest BCUT2D eigenvalue weighted by Crippen LogP contribution is 2.05. The molecule has 13 heavy (non-hydrogen) atoms. The van der Waals surface area contributed by atoms with Gasteiger partial charge in [-0.15, -0.1) is 0 Å². The van der Waals surface area contributed by atoms with Gasteiger partial charge < -0.3 is 5.11 Å². The number of carbonyl (C=O) groups excluding carboxylic acids is 1. The normalized spacial score (nSPS) is 9.69. The number of hydrogen-bond acceptors (Lipinski definition) is 3. The zero-order chi connectivity index (χ0) is 10.0. The molecule has 0 radical (unpaired) electrons. The van der Waals surface area contributed by atoms with Gasteiger partial charge in [0.2, 0.25) is 0 Å². The molecule has 68 valence electrons. The van der Waals surface area contributed by atoms with Gasteiger partial charge in [0.25, 0.3) is 0 Å². The third kappa shape index (κ3) is 2.11. The molecule has 0 aromatic carbocycles. The summed E-state index contributed by atoms with van der Waals surface area (Å²) in [6.45, 7) is 3.08. The summed E-state index contributed by atoms with van der Waals surface area (Å²) in [6.07, 6.45) is 0. The molecular weight excluding hydrogens is 170 g/mol. The fourth-order valence-electron chi connectivity index (χ4n) is 0.957. The minimum atomic E-state index is -1.12. The van der Waals surface area contributed by atoms with E-state index in [0.717, 1.165) is 5.56 Å². The minimum Gasteiger partial charge on any atom is -0.477 e. The predicted molar refractivity (Wildman–Crippen MR) is 45.9 cm³/mol. The number of nitrogens with zero attached hydrogens (tertiary/aromatic N) is 1. The quantitative estimate of drug-likeness (QED) is 0.694. The van der Waals surface area contributed by atoms with Crippen LogP contribution in [0.4, 0.5) is 0 Å². The number of aryl methyl sites for hydroxylation is 1. The number of rotatable bonds is 2. The zero-order valence-corrected chi connectivity index (χ0v) is 7.37. The van der Waals surface area contributed by atoms with Gasteiger partial charge in [-0.2, -0.15) is 0 Å². The van der Waals surface area contributed by atoms with Crippen LogP contribution in [-0.4, -0.2) is 21.8 Å². The lowest BCUT2D eigenvalue weighted by molar-refractivity contribution is 0.0690. The maximum atomic E-state index is 10.9. The van der Waals surface area contributed by atoms with E-state index in [1.807, 2.05) is 0 Å². The van der Waals surface area contributed by atoms with E-state index < -0.39 is 5.97 Å². The average Bonchev–Trinajstić information content (AvgIpc) is 2.03. The molecule has 4 nitrogen and oxygen atoms in total. The first-order valence-corrected chi connectivity index (χ1v) is 3.73. The van der Waals surface area contributed by atoms with Crippen LogP contribution in [0.15, 0.2) is 12.1 Å². The molecule has 0 unspecified atom stereocenters. The molecule has 0 aliphatic carbocycles. The molecule has 0 amide bonds. The lowest BCUT2D eigenvalue weighted by Gasteiger charge is -1.99. The standard InChI is InChI=1S/C9H9NO3/c1-5-3-7(6(2)11)10-8(4-5)9(12)13/h3-4H,1-2H3,(H,12,13). The maximum Gasteiger partial charge on any atom is 0.354 e. The fraction of sp³-hybridized carbons (Fsp3) is 0.222. The summed E-state index contributed by atoms with van der Waals surface area (Å²) in [5.41, 5.74) is 0.820. The number of ketones is 1. The van der Waals surface area contributed by atoms with Gasteiger partial charge in [-0.3, -0.25) is 4.79 Å². The molecule has 0 saturated carbocycles. The molecule has 1 rings (SSSR count). The van der Waals surface area contributed by atoms with Crippen LogP contribution in [0.25, 0.3) is 0 Å². The van der Waals surface area contributed by atoms with Crippen molar-refractivity contribution in [2.45, 2.75) is 13.8 Å². The van der Waals surface area contributed by atoms with Crippen molar-refractivity contribution in [1.29, 1.82) is 0 Å². The first-order valence-electron chi connectivity index (χ1n) is 3.73. The first kappa shape index (κ1) is 9.38. The van der Waals surface area contributed by atoms with Crippen LogP contribution < -0.4 is 0 Å². The molecule has 0 bridgehead atoms. The maximum absolute atomic E-state index is 10.9. The van der Waals surface area contributed by atoms with Crippen molar-refractivity contribution in [3.8, 4) is 0 Å². The van der Waals surface area contributed by atoms with Crippen LogP contribution in [0.5, 0.6) is 0 Å². The number of carboxylic acid groups (broad SMARTS) is 1. The zero-order valence-electron chi connectivity index (χ0n) is 7.37. The van der Waals surface area contributed by atoms with Crippen molar-refractivity contribution >= 4 is 11.8 Å². The smallest absolute Gasteiger partial charge is 0.354 e. The highest BCUT2D eigenvalue weighted by atomic mass is 16.4. The predicted octanol–water partition coefficient (Wildman–Crippen LogP) is 1.29. The summed E-state index contributed by atoms with van der Waals surface area (Å²) in [7, 11) is 0. The summed E-state index contributed by atoms with van der Waals surface area (Å²) in [5.74, 6) is -1.35. The Labute approximate surface area is 75.2 Å². The average molecular weight is 179 g/mol. The van der Waals surface area contributed by atoms with Crippen LogP contribution in [0, 0.1) is 6.92 Å². The Hall–Kier alpha value is -1.71. The summed E-state index contributed by atoms with van der Waals surface area (Å²) in [5, 5.41) is 8.64.